The highest BCUT2D eigenvalue weighted by molar-refractivity contribution is 7.99. The summed E-state index contributed by atoms with van der Waals surface area (Å²) in [6, 6.07) is 0.172. The maximum atomic E-state index is 12.6. The summed E-state index contributed by atoms with van der Waals surface area (Å²) >= 11 is 2.93. The topological polar surface area (TPSA) is 34.0 Å². The molecule has 0 saturated carbocycles. The van der Waals surface area contributed by atoms with Crippen LogP contribution < -0.4 is 0 Å². The number of hydrogen-bond donors (Lipinski definition) is 0. The molecule has 4 nitrogen and oxygen atoms in total. The van der Waals surface area contributed by atoms with Gasteiger partial charge in [0.2, 0.25) is 0 Å². The van der Waals surface area contributed by atoms with Crippen LogP contribution >= 0.6 is 23.1 Å². The fourth-order valence-corrected chi connectivity index (χ4v) is 4.42. The number of rotatable bonds is 3. The number of alkyl halides is 3. The summed E-state index contributed by atoms with van der Waals surface area (Å²) < 4.78 is 39.7. The zero-order valence-electron chi connectivity index (χ0n) is 11.9. The summed E-state index contributed by atoms with van der Waals surface area (Å²) in [6.07, 6.45) is -0.575. The second-order valence-corrected chi connectivity index (χ2v) is 7.23. The van der Waals surface area contributed by atoms with E-state index in [4.69, 9.17) is 0 Å². The van der Waals surface area contributed by atoms with Crippen LogP contribution in [0, 0.1) is 0 Å². The Morgan fingerprint density at radius 2 is 2.23 bits per heavy atom. The Kier molecular flexibility index (Phi) is 4.47. The Morgan fingerprint density at radius 3 is 2.86 bits per heavy atom. The molecule has 2 aromatic rings. The molecule has 1 saturated heterocycles. The summed E-state index contributed by atoms with van der Waals surface area (Å²) in [5.74, 6) is 1.90. The summed E-state index contributed by atoms with van der Waals surface area (Å²) in [7, 11) is 1.86. The second kappa shape index (κ2) is 6.21. The molecule has 0 bridgehead atoms. The quantitative estimate of drug-likeness (QED) is 0.853. The van der Waals surface area contributed by atoms with Crippen LogP contribution in [-0.2, 0) is 19.8 Å². The molecule has 2 aromatic heterocycles. The number of nitrogens with zero attached hydrogens (tertiary/aromatic N) is 4. The van der Waals surface area contributed by atoms with Crippen LogP contribution in [0.5, 0.6) is 0 Å². The van der Waals surface area contributed by atoms with Crippen LogP contribution in [0.25, 0.3) is 0 Å². The first-order chi connectivity index (χ1) is 10.4. The normalized spacial score (nSPS) is 20.5. The van der Waals surface area contributed by atoms with Gasteiger partial charge >= 0.3 is 6.18 Å². The highest BCUT2D eigenvalue weighted by atomic mass is 32.2. The van der Waals surface area contributed by atoms with Crippen molar-refractivity contribution >= 4 is 23.1 Å². The molecule has 1 aliphatic heterocycles. The molecule has 3 rings (SSSR count). The van der Waals surface area contributed by atoms with Crippen molar-refractivity contribution in [2.24, 2.45) is 7.05 Å². The minimum absolute atomic E-state index is 0.172. The summed E-state index contributed by atoms with van der Waals surface area (Å²) in [5.41, 5.74) is 0.305. The lowest BCUT2D eigenvalue weighted by Crippen LogP contribution is -2.35. The lowest BCUT2D eigenvalue weighted by Gasteiger charge is -2.34. The van der Waals surface area contributed by atoms with Gasteiger partial charge < -0.3 is 0 Å². The summed E-state index contributed by atoms with van der Waals surface area (Å²) in [4.78, 5) is 5.92. The van der Waals surface area contributed by atoms with E-state index < -0.39 is 11.9 Å². The largest absolute Gasteiger partial charge is 0.434 e. The van der Waals surface area contributed by atoms with Gasteiger partial charge in [-0.3, -0.25) is 9.58 Å². The molecule has 1 unspecified atom stereocenters. The minimum Gasteiger partial charge on any atom is -0.288 e. The first kappa shape index (κ1) is 15.8. The van der Waals surface area contributed by atoms with Crippen molar-refractivity contribution in [1.29, 1.82) is 0 Å². The number of hydrogen-bond acceptors (Lipinski definition) is 5. The van der Waals surface area contributed by atoms with E-state index in [0.717, 1.165) is 40.3 Å². The van der Waals surface area contributed by atoms with Gasteiger partial charge in [0, 0.05) is 48.3 Å². The molecule has 3 heterocycles. The number of aromatic nitrogens is 3. The van der Waals surface area contributed by atoms with Crippen molar-refractivity contribution in [2.45, 2.75) is 18.8 Å². The van der Waals surface area contributed by atoms with Gasteiger partial charge in [0.15, 0.2) is 5.69 Å². The molecule has 9 heteroatoms. The molecule has 0 radical (unpaired) electrons. The third-order valence-corrected chi connectivity index (χ3v) is 5.39. The van der Waals surface area contributed by atoms with Gasteiger partial charge in [-0.2, -0.15) is 30.0 Å². The van der Waals surface area contributed by atoms with Crippen LogP contribution in [0.3, 0.4) is 0 Å². The summed E-state index contributed by atoms with van der Waals surface area (Å²) in [5, 5.41) is 5.79. The first-order valence-electron chi connectivity index (χ1n) is 6.75. The molecule has 0 amide bonds. The number of halogens is 3. The molecular formula is C13H15F3N4S2. The molecule has 0 N–H and O–H groups in total. The monoisotopic (exact) mass is 348 g/mol. The van der Waals surface area contributed by atoms with Crippen molar-refractivity contribution in [2.75, 3.05) is 18.1 Å². The van der Waals surface area contributed by atoms with Crippen LogP contribution in [-0.4, -0.2) is 37.7 Å². The third-order valence-electron chi connectivity index (χ3n) is 3.53. The highest BCUT2D eigenvalue weighted by Crippen LogP contribution is 2.33. The highest BCUT2D eigenvalue weighted by Gasteiger charge is 2.34. The van der Waals surface area contributed by atoms with Crippen LogP contribution in [0.15, 0.2) is 17.8 Å². The summed E-state index contributed by atoms with van der Waals surface area (Å²) in [6.45, 7) is 1.28. The number of thioether (sulfide) groups is 1. The lowest BCUT2D eigenvalue weighted by molar-refractivity contribution is -0.140. The fraction of sp³-hybridized carbons (Fsp3) is 0.538. The van der Waals surface area contributed by atoms with E-state index in [9.17, 15) is 13.2 Å². The van der Waals surface area contributed by atoms with Crippen molar-refractivity contribution < 1.29 is 13.2 Å². The standard InChI is InChI=1S/C13H15F3N4S2/c1-19-5-9(4-17-19)10-7-21-3-2-20(10)6-12-18-11(8-22-12)13(14,15)16/h4-5,8,10H,2-3,6-7H2,1H3. The third kappa shape index (κ3) is 3.47. The molecule has 22 heavy (non-hydrogen) atoms. The van der Waals surface area contributed by atoms with Gasteiger partial charge in [0.1, 0.15) is 5.01 Å². The van der Waals surface area contributed by atoms with E-state index >= 15 is 0 Å². The van der Waals surface area contributed by atoms with E-state index in [1.54, 1.807) is 4.68 Å². The molecule has 0 spiro atoms. The fourth-order valence-electron chi connectivity index (χ4n) is 2.43. The van der Waals surface area contributed by atoms with Crippen LogP contribution in [0.2, 0.25) is 0 Å². The zero-order chi connectivity index (χ0) is 15.7. The van der Waals surface area contributed by atoms with Gasteiger partial charge in [-0.15, -0.1) is 11.3 Å². The zero-order valence-corrected chi connectivity index (χ0v) is 13.5. The Labute approximate surface area is 134 Å². The van der Waals surface area contributed by atoms with Crippen molar-refractivity contribution in [1.82, 2.24) is 19.7 Å². The molecular weight excluding hydrogens is 333 g/mol. The van der Waals surface area contributed by atoms with Gasteiger partial charge in [0.05, 0.1) is 12.7 Å². The van der Waals surface area contributed by atoms with Gasteiger partial charge in [0.25, 0.3) is 0 Å². The van der Waals surface area contributed by atoms with Crippen molar-refractivity contribution in [3.8, 4) is 0 Å². The Hall–Kier alpha value is -1.06. The first-order valence-corrected chi connectivity index (χ1v) is 8.79. The number of aryl methyl sites for hydroxylation is 1. The Balaban J connectivity index is 1.75. The lowest BCUT2D eigenvalue weighted by atomic mass is 10.1. The predicted molar refractivity (Wildman–Crippen MR) is 80.8 cm³/mol. The van der Waals surface area contributed by atoms with E-state index in [1.165, 1.54) is 0 Å². The maximum absolute atomic E-state index is 12.6. The van der Waals surface area contributed by atoms with Gasteiger partial charge in [-0.05, 0) is 0 Å². The van der Waals surface area contributed by atoms with E-state index in [1.807, 2.05) is 31.2 Å². The number of thiazole rings is 1. The molecule has 0 aliphatic carbocycles. The molecule has 1 atom stereocenters. The molecule has 1 fully saturated rings. The van der Waals surface area contributed by atoms with E-state index in [-0.39, 0.29) is 6.04 Å². The smallest absolute Gasteiger partial charge is 0.288 e. The maximum Gasteiger partial charge on any atom is 0.434 e. The predicted octanol–water partition coefficient (Wildman–Crippen LogP) is 3.19. The van der Waals surface area contributed by atoms with Crippen molar-refractivity contribution in [3.63, 3.8) is 0 Å². The van der Waals surface area contributed by atoms with Gasteiger partial charge in [-0.25, -0.2) is 4.98 Å². The average Bonchev–Trinajstić information content (AvgIpc) is 3.08. The molecule has 0 aromatic carbocycles. The average molecular weight is 348 g/mol. The van der Waals surface area contributed by atoms with Crippen LogP contribution in [0.1, 0.15) is 22.3 Å². The van der Waals surface area contributed by atoms with E-state index in [0.29, 0.717) is 11.6 Å². The van der Waals surface area contributed by atoms with Crippen molar-refractivity contribution in [3.05, 3.63) is 34.0 Å². The molecule has 1 aliphatic rings. The Bertz CT molecular complexity index is 637. The SMILES string of the molecule is Cn1cc(C2CSCCN2Cc2nc(C(F)(F)F)cs2)cn1. The Morgan fingerprint density at radius 1 is 1.41 bits per heavy atom. The van der Waals surface area contributed by atoms with Gasteiger partial charge in [-0.1, -0.05) is 0 Å². The molecule has 120 valence electrons. The van der Waals surface area contributed by atoms with Crippen LogP contribution in [0.4, 0.5) is 13.2 Å². The second-order valence-electron chi connectivity index (χ2n) is 5.13. The van der Waals surface area contributed by atoms with E-state index in [2.05, 4.69) is 15.0 Å². The minimum atomic E-state index is -4.37.